The number of hydrogen-bond donors (Lipinski definition) is 0. The standard InChI is InChI=1S/C23H23ClN4O.C21H18F2N4O/c1-15(2)22-13-21-23(29-22)20(4-5-26-21)16(3)27-6-8-28(9-7-27)19-11-17(14-25)10-18(24)12-19;1-14(18-13-25-12-16-10-19(21(22)23)28-20(16)18)26-5-7-27(8-6-26)17-4-2-3-15(9-17)11-24/h4-5,10-13,15H,3,6-9H2,1-2H3;2-4,9-10,12-13,21H,1,5-8H2. The van der Waals surface area contributed by atoms with E-state index in [0.717, 1.165) is 78.8 Å². The molecule has 10 nitrogen and oxygen atoms in total. The number of anilines is 2. The van der Waals surface area contributed by atoms with Gasteiger partial charge < -0.3 is 28.4 Å². The van der Waals surface area contributed by atoms with Crippen LogP contribution in [0.1, 0.15) is 60.0 Å². The Hall–Kier alpha value is -6.37. The molecule has 0 amide bonds. The quantitative estimate of drug-likeness (QED) is 0.148. The summed E-state index contributed by atoms with van der Waals surface area (Å²) in [6.45, 7) is 19.0. The van der Waals surface area contributed by atoms with E-state index in [2.05, 4.69) is 68.7 Å². The third-order valence-corrected chi connectivity index (χ3v) is 10.5. The molecular weight excluding hydrogens is 746 g/mol. The monoisotopic (exact) mass is 786 g/mol. The smallest absolute Gasteiger partial charge is 0.295 e. The summed E-state index contributed by atoms with van der Waals surface area (Å²) < 4.78 is 37.4. The van der Waals surface area contributed by atoms with Crippen molar-refractivity contribution in [1.29, 1.82) is 10.5 Å². The van der Waals surface area contributed by atoms with Crippen molar-refractivity contribution >= 4 is 56.4 Å². The summed E-state index contributed by atoms with van der Waals surface area (Å²) in [6, 6.07) is 22.7. The summed E-state index contributed by atoms with van der Waals surface area (Å²) in [5.74, 6) is 0.885. The van der Waals surface area contributed by atoms with Gasteiger partial charge in [-0.1, -0.05) is 44.7 Å². The van der Waals surface area contributed by atoms with Crippen molar-refractivity contribution in [2.75, 3.05) is 62.2 Å². The lowest BCUT2D eigenvalue weighted by Gasteiger charge is -2.38. The Kier molecular flexibility index (Phi) is 11.4. The molecule has 6 heterocycles. The largest absolute Gasteiger partial charge is 0.458 e. The lowest BCUT2D eigenvalue weighted by molar-refractivity contribution is 0.124. The third kappa shape index (κ3) is 8.42. The second-order valence-corrected chi connectivity index (χ2v) is 14.7. The minimum Gasteiger partial charge on any atom is -0.458 e. The van der Waals surface area contributed by atoms with Crippen LogP contribution < -0.4 is 9.80 Å². The summed E-state index contributed by atoms with van der Waals surface area (Å²) in [5, 5.41) is 19.4. The highest BCUT2D eigenvalue weighted by molar-refractivity contribution is 6.31. The molecule has 0 bridgehead atoms. The van der Waals surface area contributed by atoms with Gasteiger partial charge in [0.05, 0.1) is 28.8 Å². The lowest BCUT2D eigenvalue weighted by atomic mass is 10.1. The molecule has 2 aromatic carbocycles. The number of nitriles is 2. The van der Waals surface area contributed by atoms with Crippen molar-refractivity contribution in [2.24, 2.45) is 0 Å². The second kappa shape index (κ2) is 16.8. The molecule has 6 aromatic rings. The zero-order valence-electron chi connectivity index (χ0n) is 31.8. The zero-order valence-corrected chi connectivity index (χ0v) is 32.5. The van der Waals surface area contributed by atoms with Crippen molar-refractivity contribution in [3.05, 3.63) is 131 Å². The highest BCUT2D eigenvalue weighted by atomic mass is 35.5. The van der Waals surface area contributed by atoms with E-state index in [1.54, 1.807) is 18.3 Å². The molecule has 0 saturated carbocycles. The SMILES string of the molecule is C=C(c1ccnc2cc(C(C)C)oc12)N1CCN(c2cc(Cl)cc(C#N)c2)CC1.C=C(c1cncc2cc(C(F)F)oc12)N1CCN(c2cccc(C#N)c2)CC1. The number of piperazine rings is 2. The summed E-state index contributed by atoms with van der Waals surface area (Å²) in [5.41, 5.74) is 8.55. The van der Waals surface area contributed by atoms with Crippen molar-refractivity contribution in [3.8, 4) is 12.1 Å². The van der Waals surface area contributed by atoms with Gasteiger partial charge in [-0.2, -0.15) is 10.5 Å². The minimum absolute atomic E-state index is 0.310. The molecule has 2 fully saturated rings. The number of hydrogen-bond acceptors (Lipinski definition) is 10. The molecular formula is C44H41ClF2N8O2. The molecule has 8 rings (SSSR count). The number of rotatable bonds is 8. The van der Waals surface area contributed by atoms with Crippen LogP contribution in [-0.4, -0.2) is 72.1 Å². The average molecular weight is 787 g/mol. The van der Waals surface area contributed by atoms with Crippen molar-refractivity contribution in [3.63, 3.8) is 0 Å². The van der Waals surface area contributed by atoms with Gasteiger partial charge in [-0.05, 0) is 48.5 Å². The first-order chi connectivity index (χ1) is 27.5. The van der Waals surface area contributed by atoms with E-state index in [1.807, 2.05) is 48.7 Å². The fourth-order valence-corrected chi connectivity index (χ4v) is 7.40. The summed E-state index contributed by atoms with van der Waals surface area (Å²) >= 11 is 6.17. The van der Waals surface area contributed by atoms with Crippen LogP contribution in [0.4, 0.5) is 20.2 Å². The van der Waals surface area contributed by atoms with Crippen LogP contribution in [0.15, 0.2) is 101 Å². The van der Waals surface area contributed by atoms with Crippen LogP contribution in [0.5, 0.6) is 0 Å². The van der Waals surface area contributed by atoms with E-state index in [-0.39, 0.29) is 5.76 Å². The number of nitrogens with zero attached hydrogens (tertiary/aromatic N) is 8. The zero-order chi connectivity index (χ0) is 40.2. The predicted molar refractivity (Wildman–Crippen MR) is 220 cm³/mol. The molecule has 2 saturated heterocycles. The van der Waals surface area contributed by atoms with E-state index < -0.39 is 6.43 Å². The van der Waals surface area contributed by atoms with Crippen LogP contribution in [0.2, 0.25) is 5.02 Å². The van der Waals surface area contributed by atoms with Gasteiger partial charge in [0, 0.05) is 122 Å². The Labute approximate surface area is 335 Å². The van der Waals surface area contributed by atoms with E-state index in [1.165, 1.54) is 12.3 Å². The summed E-state index contributed by atoms with van der Waals surface area (Å²) in [7, 11) is 0. The lowest BCUT2D eigenvalue weighted by Crippen LogP contribution is -2.45. The first kappa shape index (κ1) is 38.9. The van der Waals surface area contributed by atoms with Crippen LogP contribution in [0.3, 0.4) is 0 Å². The molecule has 57 heavy (non-hydrogen) atoms. The maximum Gasteiger partial charge on any atom is 0.295 e. The van der Waals surface area contributed by atoms with Crippen molar-refractivity contribution < 1.29 is 17.6 Å². The minimum atomic E-state index is -2.67. The fourth-order valence-electron chi connectivity index (χ4n) is 7.17. The molecule has 0 N–H and O–H groups in total. The summed E-state index contributed by atoms with van der Waals surface area (Å²) in [4.78, 5) is 17.4. The molecule has 0 aliphatic carbocycles. The molecule has 13 heteroatoms. The van der Waals surface area contributed by atoms with Gasteiger partial charge in [-0.25, -0.2) is 8.78 Å². The molecule has 2 aliphatic rings. The fraction of sp³-hybridized carbons (Fsp3) is 0.273. The van der Waals surface area contributed by atoms with Gasteiger partial charge in [0.15, 0.2) is 11.3 Å². The Morgan fingerprint density at radius 1 is 0.737 bits per heavy atom. The van der Waals surface area contributed by atoms with E-state index in [9.17, 15) is 14.0 Å². The molecule has 0 atom stereocenters. The Morgan fingerprint density at radius 2 is 1.37 bits per heavy atom. The van der Waals surface area contributed by atoms with Gasteiger partial charge in [-0.3, -0.25) is 9.97 Å². The van der Waals surface area contributed by atoms with Gasteiger partial charge >= 0.3 is 0 Å². The number of benzene rings is 2. The Morgan fingerprint density at radius 3 is 2.02 bits per heavy atom. The van der Waals surface area contributed by atoms with E-state index in [4.69, 9.17) is 25.7 Å². The normalized spacial score (nSPS) is 14.5. The molecule has 0 radical (unpaired) electrons. The number of furan rings is 2. The topological polar surface area (TPSA) is 113 Å². The van der Waals surface area contributed by atoms with Gasteiger partial charge in [0.1, 0.15) is 16.9 Å². The molecule has 0 unspecified atom stereocenters. The molecule has 0 spiro atoms. The Balaban J connectivity index is 0.000000174. The third-order valence-electron chi connectivity index (χ3n) is 10.3. The van der Waals surface area contributed by atoms with Crippen LogP contribution >= 0.6 is 11.6 Å². The number of halogens is 3. The van der Waals surface area contributed by atoms with Gasteiger partial charge in [-0.15, -0.1) is 0 Å². The predicted octanol–water partition coefficient (Wildman–Crippen LogP) is 9.70. The number of fused-ring (bicyclic) bond motifs is 2. The first-order valence-electron chi connectivity index (χ1n) is 18.7. The van der Waals surface area contributed by atoms with Crippen LogP contribution in [0.25, 0.3) is 33.5 Å². The molecule has 290 valence electrons. The van der Waals surface area contributed by atoms with Crippen LogP contribution in [-0.2, 0) is 0 Å². The van der Waals surface area contributed by atoms with E-state index in [0.29, 0.717) is 57.4 Å². The van der Waals surface area contributed by atoms with E-state index >= 15 is 0 Å². The molecule has 2 aliphatic heterocycles. The highest BCUT2D eigenvalue weighted by Gasteiger charge is 2.24. The van der Waals surface area contributed by atoms with Crippen molar-refractivity contribution in [1.82, 2.24) is 19.8 Å². The van der Waals surface area contributed by atoms with Crippen molar-refractivity contribution in [2.45, 2.75) is 26.2 Å². The summed E-state index contributed by atoms with van der Waals surface area (Å²) in [6.07, 6.45) is 2.27. The van der Waals surface area contributed by atoms with Gasteiger partial charge in [0.2, 0.25) is 0 Å². The molecule has 4 aromatic heterocycles. The maximum atomic E-state index is 13.0. The average Bonchev–Trinajstić information content (AvgIpc) is 3.89. The maximum absolute atomic E-state index is 13.0. The number of aromatic nitrogens is 2. The first-order valence-corrected chi connectivity index (χ1v) is 19.0. The van der Waals surface area contributed by atoms with Crippen LogP contribution in [0, 0.1) is 22.7 Å². The highest BCUT2D eigenvalue weighted by Crippen LogP contribution is 2.34. The van der Waals surface area contributed by atoms with Gasteiger partial charge in [0.25, 0.3) is 6.43 Å². The number of alkyl halides is 2. The Bertz CT molecular complexity index is 2520. The second-order valence-electron chi connectivity index (χ2n) is 14.2. The number of pyridine rings is 2.